The van der Waals surface area contributed by atoms with Gasteiger partial charge >= 0.3 is 0 Å². The van der Waals surface area contributed by atoms with Crippen LogP contribution in [0, 0.1) is 6.92 Å². The number of methoxy groups -OCH3 is 1. The van der Waals surface area contributed by atoms with Crippen molar-refractivity contribution < 1.29 is 13.2 Å². The normalized spacial score (nSPS) is 12.5. The Kier molecular flexibility index (Phi) is 6.81. The number of benzene rings is 3. The summed E-state index contributed by atoms with van der Waals surface area (Å²) in [6, 6.07) is 24.8. The monoisotopic (exact) mass is 412 g/mol. The Morgan fingerprint density at radius 3 is 2.14 bits per heavy atom. The van der Waals surface area contributed by atoms with Crippen LogP contribution in [0.3, 0.4) is 0 Å². The summed E-state index contributed by atoms with van der Waals surface area (Å²) in [5.74, 6) is 0.873. The lowest BCUT2D eigenvalue weighted by Crippen LogP contribution is -2.21. The molecule has 0 radical (unpaired) electrons. The Labute approximate surface area is 171 Å². The first-order valence-electron chi connectivity index (χ1n) is 9.10. The van der Waals surface area contributed by atoms with E-state index in [0.29, 0.717) is 11.3 Å². The summed E-state index contributed by atoms with van der Waals surface area (Å²) in [6.07, 6.45) is 0.683. The van der Waals surface area contributed by atoms with E-state index in [0.717, 1.165) is 21.8 Å². The predicted octanol–water partition coefficient (Wildman–Crippen LogP) is 5.18. The summed E-state index contributed by atoms with van der Waals surface area (Å²) in [5, 5.41) is -0.0953. The first-order valence-corrected chi connectivity index (χ1v) is 11.6. The van der Waals surface area contributed by atoms with Gasteiger partial charge in [0, 0.05) is 10.1 Å². The highest BCUT2D eigenvalue weighted by atomic mass is 32.2. The summed E-state index contributed by atoms with van der Waals surface area (Å²) in [6.45, 7) is 1.95. The topological polar surface area (TPSA) is 43.4 Å². The van der Waals surface area contributed by atoms with Gasteiger partial charge in [-0.3, -0.25) is 0 Å². The van der Waals surface area contributed by atoms with Crippen LogP contribution in [0.25, 0.3) is 0 Å². The van der Waals surface area contributed by atoms with Crippen LogP contribution in [0.1, 0.15) is 11.1 Å². The van der Waals surface area contributed by atoms with Gasteiger partial charge in [0.1, 0.15) is 5.75 Å². The third-order valence-corrected chi connectivity index (χ3v) is 7.71. The molecule has 1 atom stereocenters. The van der Waals surface area contributed by atoms with Gasteiger partial charge in [-0.1, -0.05) is 48.0 Å². The molecule has 0 aliphatic rings. The Hall–Kier alpha value is -2.24. The van der Waals surface area contributed by atoms with Crippen molar-refractivity contribution in [2.24, 2.45) is 0 Å². The second-order valence-electron chi connectivity index (χ2n) is 6.70. The van der Waals surface area contributed by atoms with E-state index in [1.807, 2.05) is 73.7 Å². The minimum Gasteiger partial charge on any atom is -0.497 e. The van der Waals surface area contributed by atoms with E-state index in [9.17, 15) is 8.42 Å². The highest BCUT2D eigenvalue weighted by Gasteiger charge is 2.23. The van der Waals surface area contributed by atoms with Gasteiger partial charge in [0.25, 0.3) is 0 Å². The molecule has 3 rings (SSSR count). The van der Waals surface area contributed by atoms with E-state index in [-0.39, 0.29) is 11.0 Å². The van der Waals surface area contributed by atoms with Crippen LogP contribution in [0.5, 0.6) is 5.75 Å². The smallest absolute Gasteiger partial charge is 0.179 e. The second-order valence-corrected chi connectivity index (χ2v) is 10.1. The summed E-state index contributed by atoms with van der Waals surface area (Å²) >= 11 is 1.59. The van der Waals surface area contributed by atoms with E-state index < -0.39 is 9.84 Å². The maximum absolute atomic E-state index is 13.0. The largest absolute Gasteiger partial charge is 0.497 e. The van der Waals surface area contributed by atoms with Gasteiger partial charge in [-0.15, -0.1) is 11.8 Å². The van der Waals surface area contributed by atoms with E-state index in [2.05, 4.69) is 0 Å². The highest BCUT2D eigenvalue weighted by molar-refractivity contribution is 8.01. The van der Waals surface area contributed by atoms with Crippen LogP contribution >= 0.6 is 11.8 Å². The van der Waals surface area contributed by atoms with E-state index in [1.54, 1.807) is 31.0 Å². The minimum atomic E-state index is -3.37. The first kappa shape index (κ1) is 20.5. The molecular formula is C23H24O3S2. The summed E-state index contributed by atoms with van der Waals surface area (Å²) in [4.78, 5) is 1.41. The van der Waals surface area contributed by atoms with Crippen molar-refractivity contribution in [1.82, 2.24) is 0 Å². The zero-order valence-corrected chi connectivity index (χ0v) is 17.7. The molecule has 1 unspecified atom stereocenters. The molecule has 0 aliphatic carbocycles. The molecule has 5 heteroatoms. The third-order valence-electron chi connectivity index (χ3n) is 4.45. The molecule has 3 aromatic carbocycles. The van der Waals surface area contributed by atoms with Crippen LogP contribution in [-0.4, -0.2) is 26.5 Å². The number of thioether (sulfide) groups is 1. The Morgan fingerprint density at radius 2 is 1.54 bits per heavy atom. The lowest BCUT2D eigenvalue weighted by Gasteiger charge is -2.17. The number of hydrogen-bond acceptors (Lipinski definition) is 4. The molecule has 0 saturated carbocycles. The number of hydrogen-bond donors (Lipinski definition) is 0. The van der Waals surface area contributed by atoms with Crippen LogP contribution in [0.15, 0.2) is 88.7 Å². The first-order chi connectivity index (χ1) is 13.5. The molecule has 0 fully saturated rings. The quantitative estimate of drug-likeness (QED) is 0.478. The van der Waals surface area contributed by atoms with E-state index >= 15 is 0 Å². The average Bonchev–Trinajstić information content (AvgIpc) is 2.69. The fraction of sp³-hybridized carbons (Fsp3) is 0.217. The molecule has 3 aromatic rings. The minimum absolute atomic E-state index is 0.0850. The van der Waals surface area contributed by atoms with Crippen LogP contribution in [0.4, 0.5) is 0 Å². The number of sulfone groups is 1. The third kappa shape index (κ3) is 5.63. The lowest BCUT2D eigenvalue weighted by molar-refractivity contribution is 0.414. The van der Waals surface area contributed by atoms with Gasteiger partial charge in [0.15, 0.2) is 9.84 Å². The van der Waals surface area contributed by atoms with Gasteiger partial charge in [0.05, 0.1) is 17.8 Å². The molecule has 0 heterocycles. The fourth-order valence-corrected chi connectivity index (χ4v) is 6.06. The maximum Gasteiger partial charge on any atom is 0.179 e. The molecule has 146 valence electrons. The summed E-state index contributed by atoms with van der Waals surface area (Å²) in [5.41, 5.74) is 2.18. The molecule has 0 amide bonds. The molecule has 3 nitrogen and oxygen atoms in total. The Balaban J connectivity index is 1.83. The summed E-state index contributed by atoms with van der Waals surface area (Å²) in [7, 11) is -1.74. The predicted molar refractivity (Wildman–Crippen MR) is 116 cm³/mol. The van der Waals surface area contributed by atoms with Crippen LogP contribution in [0.2, 0.25) is 0 Å². The van der Waals surface area contributed by atoms with Crippen molar-refractivity contribution in [3.05, 3.63) is 90.0 Å². The highest BCUT2D eigenvalue weighted by Crippen LogP contribution is 2.30. The Morgan fingerprint density at radius 1 is 0.893 bits per heavy atom. The van der Waals surface area contributed by atoms with Crippen LogP contribution in [-0.2, 0) is 16.3 Å². The maximum atomic E-state index is 13.0. The standard InChI is InChI=1S/C23H24O3S2/c1-18-8-14-23(15-9-18)28(24,25)17-22(16-19-6-4-3-5-7-19)27-21-12-10-20(26-2)11-13-21/h3-15,22H,16-17H2,1-2H3. The molecule has 0 N–H and O–H groups in total. The molecule has 0 spiro atoms. The molecule has 0 bridgehead atoms. The van der Waals surface area contributed by atoms with E-state index in [4.69, 9.17) is 4.74 Å². The number of rotatable bonds is 8. The van der Waals surface area contributed by atoms with Gasteiger partial charge < -0.3 is 4.74 Å². The van der Waals surface area contributed by atoms with Crippen molar-refractivity contribution in [2.75, 3.05) is 12.9 Å². The number of aryl methyl sites for hydroxylation is 1. The molecule has 0 aromatic heterocycles. The van der Waals surface area contributed by atoms with Gasteiger partial charge in [-0.2, -0.15) is 0 Å². The zero-order chi connectivity index (χ0) is 20.0. The van der Waals surface area contributed by atoms with Gasteiger partial charge in [-0.05, 0) is 55.3 Å². The van der Waals surface area contributed by atoms with Crippen molar-refractivity contribution in [3.63, 3.8) is 0 Å². The fourth-order valence-electron chi connectivity index (χ4n) is 2.94. The number of ether oxygens (including phenoxy) is 1. The van der Waals surface area contributed by atoms with Crippen molar-refractivity contribution in [1.29, 1.82) is 0 Å². The van der Waals surface area contributed by atoms with Gasteiger partial charge in [0.2, 0.25) is 0 Å². The SMILES string of the molecule is COc1ccc(SC(Cc2ccccc2)CS(=O)(=O)c2ccc(C)cc2)cc1. The van der Waals surface area contributed by atoms with Crippen molar-refractivity contribution in [3.8, 4) is 5.75 Å². The average molecular weight is 413 g/mol. The molecule has 0 saturated heterocycles. The lowest BCUT2D eigenvalue weighted by atomic mass is 10.1. The Bertz CT molecular complexity index is 980. The van der Waals surface area contributed by atoms with E-state index in [1.165, 1.54) is 0 Å². The zero-order valence-electron chi connectivity index (χ0n) is 16.0. The second kappa shape index (κ2) is 9.30. The van der Waals surface area contributed by atoms with Crippen molar-refractivity contribution in [2.45, 2.75) is 28.4 Å². The summed E-state index contributed by atoms with van der Waals surface area (Å²) < 4.78 is 31.2. The molecule has 0 aliphatic heterocycles. The molecular weight excluding hydrogens is 388 g/mol. The van der Waals surface area contributed by atoms with Gasteiger partial charge in [-0.25, -0.2) is 8.42 Å². The molecule has 28 heavy (non-hydrogen) atoms. The van der Waals surface area contributed by atoms with Crippen molar-refractivity contribution >= 4 is 21.6 Å². The van der Waals surface area contributed by atoms with Crippen LogP contribution < -0.4 is 4.74 Å².